The van der Waals surface area contributed by atoms with E-state index < -0.39 is 0 Å². The van der Waals surface area contributed by atoms with E-state index in [1.54, 1.807) is 0 Å². The van der Waals surface area contributed by atoms with Crippen molar-refractivity contribution in [3.05, 3.63) is 17.6 Å². The molecule has 2 N–H and O–H groups in total. The number of nitrogens with zero attached hydrogens (tertiary/aromatic N) is 3. The summed E-state index contributed by atoms with van der Waals surface area (Å²) in [6.07, 6.45) is 6.49. The van der Waals surface area contributed by atoms with E-state index in [1.165, 1.54) is 38.6 Å². The van der Waals surface area contributed by atoms with E-state index in [0.717, 1.165) is 18.1 Å². The van der Waals surface area contributed by atoms with Gasteiger partial charge in [0, 0.05) is 17.8 Å². The first kappa shape index (κ1) is 13.3. The van der Waals surface area contributed by atoms with Gasteiger partial charge in [0.1, 0.15) is 11.6 Å². The summed E-state index contributed by atoms with van der Waals surface area (Å²) in [5.41, 5.74) is 6.75. The summed E-state index contributed by atoms with van der Waals surface area (Å²) in [4.78, 5) is 11.4. The topological polar surface area (TPSA) is 55.0 Å². The van der Waals surface area contributed by atoms with Gasteiger partial charge in [-0.05, 0) is 32.7 Å². The van der Waals surface area contributed by atoms with Crippen LogP contribution >= 0.6 is 0 Å². The van der Waals surface area contributed by atoms with Crippen LogP contribution in [0.1, 0.15) is 50.5 Å². The number of likely N-dealkylation sites (tertiary alicyclic amines) is 1. The summed E-state index contributed by atoms with van der Waals surface area (Å²) in [5.74, 6) is 1.46. The predicted molar refractivity (Wildman–Crippen MR) is 74.1 cm³/mol. The Bertz CT molecular complexity index is 369. The Kier molecular flexibility index (Phi) is 4.53. The van der Waals surface area contributed by atoms with Crippen LogP contribution in [0.3, 0.4) is 0 Å². The van der Waals surface area contributed by atoms with Crippen molar-refractivity contribution in [3.8, 4) is 0 Å². The summed E-state index contributed by atoms with van der Waals surface area (Å²) in [6.45, 7) is 6.24. The van der Waals surface area contributed by atoms with E-state index in [1.807, 2.05) is 13.0 Å². The number of nitrogens with two attached hydrogens (primary N) is 1. The smallest absolute Gasteiger partial charge is 0.144 e. The van der Waals surface area contributed by atoms with Gasteiger partial charge in [-0.2, -0.15) is 0 Å². The van der Waals surface area contributed by atoms with Crippen LogP contribution in [0.2, 0.25) is 0 Å². The summed E-state index contributed by atoms with van der Waals surface area (Å²) in [6, 6.07) is 2.53. The van der Waals surface area contributed by atoms with Gasteiger partial charge in [-0.25, -0.2) is 9.97 Å². The molecule has 0 aromatic carbocycles. The van der Waals surface area contributed by atoms with Crippen LogP contribution in [-0.2, 0) is 6.54 Å². The number of hydrogen-bond donors (Lipinski definition) is 1. The third kappa shape index (κ3) is 3.42. The standard InChI is InChI=1S/C14H24N4/c1-3-6-12-7-4-5-8-18(12)10-14-16-11(2)9-13(15)17-14/h9,12H,3-8,10H2,1-2H3,(H2,15,16,17). The molecule has 0 aliphatic carbocycles. The van der Waals surface area contributed by atoms with E-state index in [0.29, 0.717) is 11.9 Å². The van der Waals surface area contributed by atoms with Crippen LogP contribution < -0.4 is 5.73 Å². The summed E-state index contributed by atoms with van der Waals surface area (Å²) >= 11 is 0. The van der Waals surface area contributed by atoms with Gasteiger partial charge in [0.2, 0.25) is 0 Å². The number of hydrogen-bond acceptors (Lipinski definition) is 4. The summed E-state index contributed by atoms with van der Waals surface area (Å²) in [7, 11) is 0. The van der Waals surface area contributed by atoms with Gasteiger partial charge in [-0.1, -0.05) is 19.8 Å². The van der Waals surface area contributed by atoms with Crippen LogP contribution in [0.15, 0.2) is 6.07 Å². The first-order valence-corrected chi connectivity index (χ1v) is 7.03. The van der Waals surface area contributed by atoms with E-state index >= 15 is 0 Å². The Hall–Kier alpha value is -1.16. The molecule has 0 amide bonds. The highest BCUT2D eigenvalue weighted by atomic mass is 15.2. The fourth-order valence-corrected chi connectivity index (χ4v) is 2.84. The molecule has 2 rings (SSSR count). The number of rotatable bonds is 4. The fraction of sp³-hybridized carbons (Fsp3) is 0.714. The molecule has 0 saturated carbocycles. The quantitative estimate of drug-likeness (QED) is 0.889. The van der Waals surface area contributed by atoms with Gasteiger partial charge < -0.3 is 5.73 Å². The lowest BCUT2D eigenvalue weighted by Crippen LogP contribution is -2.39. The number of aryl methyl sites for hydroxylation is 1. The molecule has 18 heavy (non-hydrogen) atoms. The SMILES string of the molecule is CCCC1CCCCN1Cc1nc(C)cc(N)n1. The van der Waals surface area contributed by atoms with Gasteiger partial charge in [0.25, 0.3) is 0 Å². The van der Waals surface area contributed by atoms with Gasteiger partial charge in [0.05, 0.1) is 6.54 Å². The molecule has 4 heteroatoms. The number of anilines is 1. The molecule has 2 heterocycles. The molecule has 0 spiro atoms. The summed E-state index contributed by atoms with van der Waals surface area (Å²) in [5, 5.41) is 0. The average Bonchev–Trinajstić information content (AvgIpc) is 2.30. The zero-order chi connectivity index (χ0) is 13.0. The molecule has 0 bridgehead atoms. The Labute approximate surface area is 110 Å². The van der Waals surface area contributed by atoms with Crippen molar-refractivity contribution >= 4 is 5.82 Å². The monoisotopic (exact) mass is 248 g/mol. The van der Waals surface area contributed by atoms with E-state index in [9.17, 15) is 0 Å². The van der Waals surface area contributed by atoms with Crippen molar-refractivity contribution in [3.63, 3.8) is 0 Å². The van der Waals surface area contributed by atoms with Gasteiger partial charge >= 0.3 is 0 Å². The molecular weight excluding hydrogens is 224 g/mol. The van der Waals surface area contributed by atoms with Gasteiger partial charge in [-0.3, -0.25) is 4.90 Å². The maximum Gasteiger partial charge on any atom is 0.144 e. The van der Waals surface area contributed by atoms with Crippen LogP contribution in [0.5, 0.6) is 0 Å². The lowest BCUT2D eigenvalue weighted by atomic mass is 9.98. The Morgan fingerprint density at radius 2 is 2.22 bits per heavy atom. The maximum atomic E-state index is 5.79. The van der Waals surface area contributed by atoms with Crippen LogP contribution in [0.4, 0.5) is 5.82 Å². The van der Waals surface area contributed by atoms with Gasteiger partial charge in [-0.15, -0.1) is 0 Å². The maximum absolute atomic E-state index is 5.79. The van der Waals surface area contributed by atoms with Crippen LogP contribution in [0, 0.1) is 6.92 Å². The molecule has 4 nitrogen and oxygen atoms in total. The lowest BCUT2D eigenvalue weighted by Gasteiger charge is -2.35. The molecule has 1 saturated heterocycles. The Morgan fingerprint density at radius 1 is 1.39 bits per heavy atom. The second-order valence-electron chi connectivity index (χ2n) is 5.26. The van der Waals surface area contributed by atoms with Crippen molar-refractivity contribution in [2.24, 2.45) is 0 Å². The number of nitrogen functional groups attached to an aromatic ring is 1. The van der Waals surface area contributed by atoms with Crippen molar-refractivity contribution < 1.29 is 0 Å². The molecule has 0 radical (unpaired) electrons. The highest BCUT2D eigenvalue weighted by Crippen LogP contribution is 2.22. The molecule has 1 unspecified atom stereocenters. The molecule has 1 atom stereocenters. The summed E-state index contributed by atoms with van der Waals surface area (Å²) < 4.78 is 0. The molecule has 1 aliphatic heterocycles. The number of aromatic nitrogens is 2. The first-order valence-electron chi connectivity index (χ1n) is 7.03. The molecule has 1 aliphatic rings. The Morgan fingerprint density at radius 3 is 2.94 bits per heavy atom. The minimum atomic E-state index is 0.585. The third-order valence-electron chi connectivity index (χ3n) is 3.64. The minimum Gasteiger partial charge on any atom is -0.384 e. The minimum absolute atomic E-state index is 0.585. The predicted octanol–water partition coefficient (Wildman–Crippen LogP) is 2.52. The molecular formula is C14H24N4. The van der Waals surface area contributed by atoms with Crippen molar-refractivity contribution in [2.75, 3.05) is 12.3 Å². The van der Waals surface area contributed by atoms with Crippen molar-refractivity contribution in [2.45, 2.75) is 58.5 Å². The zero-order valence-electron chi connectivity index (χ0n) is 11.5. The second kappa shape index (κ2) is 6.14. The Balaban J connectivity index is 2.05. The molecule has 100 valence electrons. The highest BCUT2D eigenvalue weighted by Gasteiger charge is 2.22. The van der Waals surface area contributed by atoms with Gasteiger partial charge in [0.15, 0.2) is 0 Å². The highest BCUT2D eigenvalue weighted by molar-refractivity contribution is 5.29. The fourth-order valence-electron chi connectivity index (χ4n) is 2.84. The normalized spacial score (nSPS) is 21.1. The van der Waals surface area contributed by atoms with Crippen LogP contribution in [-0.4, -0.2) is 27.5 Å². The molecule has 1 aromatic rings. The second-order valence-corrected chi connectivity index (χ2v) is 5.26. The van der Waals surface area contributed by atoms with E-state index in [4.69, 9.17) is 5.73 Å². The van der Waals surface area contributed by atoms with E-state index in [2.05, 4.69) is 21.8 Å². The average molecular weight is 248 g/mol. The number of piperidine rings is 1. The first-order chi connectivity index (χ1) is 8.69. The lowest BCUT2D eigenvalue weighted by molar-refractivity contribution is 0.128. The largest absolute Gasteiger partial charge is 0.384 e. The molecule has 1 aromatic heterocycles. The van der Waals surface area contributed by atoms with Crippen molar-refractivity contribution in [1.82, 2.24) is 14.9 Å². The zero-order valence-corrected chi connectivity index (χ0v) is 11.5. The van der Waals surface area contributed by atoms with Crippen molar-refractivity contribution in [1.29, 1.82) is 0 Å². The van der Waals surface area contributed by atoms with Crippen LogP contribution in [0.25, 0.3) is 0 Å². The molecule has 1 fully saturated rings. The third-order valence-corrected chi connectivity index (χ3v) is 3.64. The van der Waals surface area contributed by atoms with E-state index in [-0.39, 0.29) is 0 Å².